The highest BCUT2D eigenvalue weighted by atomic mass is 16.5. The van der Waals surface area contributed by atoms with Crippen molar-refractivity contribution in [2.75, 3.05) is 12.4 Å². The van der Waals surface area contributed by atoms with Crippen molar-refractivity contribution in [3.63, 3.8) is 0 Å². The molecule has 0 radical (unpaired) electrons. The van der Waals surface area contributed by atoms with Crippen LogP contribution in [-0.2, 0) is 6.42 Å². The van der Waals surface area contributed by atoms with Gasteiger partial charge in [0, 0.05) is 12.0 Å². The highest BCUT2D eigenvalue weighted by Crippen LogP contribution is 2.28. The van der Waals surface area contributed by atoms with Gasteiger partial charge in [-0.15, -0.1) is 0 Å². The van der Waals surface area contributed by atoms with Crippen LogP contribution in [0, 0.1) is 0 Å². The maximum absolute atomic E-state index is 10.8. The second-order valence-corrected chi connectivity index (χ2v) is 4.08. The number of benzene rings is 2. The summed E-state index contributed by atoms with van der Waals surface area (Å²) in [7, 11) is 1.58. The first-order valence-electron chi connectivity index (χ1n) is 5.90. The molecule has 0 saturated carbocycles. The number of hydrogen-bond donors (Lipinski definition) is 2. The van der Waals surface area contributed by atoms with Gasteiger partial charge in [-0.25, -0.2) is 4.79 Å². The van der Waals surface area contributed by atoms with E-state index in [0.717, 1.165) is 11.1 Å². The van der Waals surface area contributed by atoms with Crippen LogP contribution in [0.15, 0.2) is 48.5 Å². The number of amides is 1. The Morgan fingerprint density at radius 1 is 1.16 bits per heavy atom. The average Bonchev–Trinajstić information content (AvgIpc) is 2.41. The summed E-state index contributed by atoms with van der Waals surface area (Å²) in [5, 5.41) is 11.3. The molecule has 4 nitrogen and oxygen atoms in total. The molecule has 2 aromatic carbocycles. The van der Waals surface area contributed by atoms with Crippen LogP contribution < -0.4 is 10.1 Å². The minimum Gasteiger partial charge on any atom is -0.496 e. The molecule has 0 unspecified atom stereocenters. The van der Waals surface area contributed by atoms with Gasteiger partial charge in [0.2, 0.25) is 0 Å². The molecule has 98 valence electrons. The zero-order valence-electron chi connectivity index (χ0n) is 10.6. The van der Waals surface area contributed by atoms with Crippen molar-refractivity contribution in [3.8, 4) is 5.75 Å². The van der Waals surface area contributed by atoms with Crippen molar-refractivity contribution in [1.29, 1.82) is 0 Å². The Morgan fingerprint density at radius 3 is 2.53 bits per heavy atom. The van der Waals surface area contributed by atoms with Gasteiger partial charge < -0.3 is 9.84 Å². The van der Waals surface area contributed by atoms with Crippen LogP contribution in [0.5, 0.6) is 5.75 Å². The predicted octanol–water partition coefficient (Wildman–Crippen LogP) is 3.38. The van der Waals surface area contributed by atoms with Crippen LogP contribution >= 0.6 is 0 Å². The minimum absolute atomic E-state index is 0.552. The van der Waals surface area contributed by atoms with Gasteiger partial charge in [0.05, 0.1) is 12.8 Å². The van der Waals surface area contributed by atoms with Crippen molar-refractivity contribution in [2.24, 2.45) is 0 Å². The molecule has 0 fully saturated rings. The standard InChI is InChI=1S/C15H15NO3/c1-19-14-9-5-8-13(16-15(17)18)12(14)10-11-6-3-2-4-7-11/h2-9,16H,10H2,1H3,(H,17,18). The highest BCUT2D eigenvalue weighted by molar-refractivity contribution is 5.84. The molecule has 4 heteroatoms. The molecular weight excluding hydrogens is 242 g/mol. The molecule has 0 atom stereocenters. The van der Waals surface area contributed by atoms with Crippen LogP contribution in [-0.4, -0.2) is 18.3 Å². The summed E-state index contributed by atoms with van der Waals surface area (Å²) in [6.07, 6.45) is -0.469. The number of hydrogen-bond acceptors (Lipinski definition) is 2. The fraction of sp³-hybridized carbons (Fsp3) is 0.133. The molecule has 0 aliphatic heterocycles. The van der Waals surface area contributed by atoms with Crippen molar-refractivity contribution in [2.45, 2.75) is 6.42 Å². The smallest absolute Gasteiger partial charge is 0.409 e. The number of rotatable bonds is 4. The Kier molecular flexibility index (Phi) is 4.03. The third-order valence-corrected chi connectivity index (χ3v) is 2.82. The Bertz CT molecular complexity index is 567. The first-order chi connectivity index (χ1) is 9.20. The summed E-state index contributed by atoms with van der Waals surface area (Å²) in [6, 6.07) is 15.2. The van der Waals surface area contributed by atoms with Crippen LogP contribution in [0.4, 0.5) is 10.5 Å². The zero-order chi connectivity index (χ0) is 13.7. The molecule has 0 heterocycles. The fourth-order valence-corrected chi connectivity index (χ4v) is 1.97. The maximum atomic E-state index is 10.8. The molecule has 0 saturated heterocycles. The van der Waals surface area contributed by atoms with E-state index in [0.29, 0.717) is 17.9 Å². The summed E-state index contributed by atoms with van der Waals surface area (Å²) < 4.78 is 5.31. The molecule has 0 aliphatic rings. The summed E-state index contributed by atoms with van der Waals surface area (Å²) in [5.74, 6) is 0.676. The summed E-state index contributed by atoms with van der Waals surface area (Å²) in [6.45, 7) is 0. The van der Waals surface area contributed by atoms with Crippen LogP contribution in [0.25, 0.3) is 0 Å². The molecule has 0 spiro atoms. The van der Waals surface area contributed by atoms with E-state index >= 15 is 0 Å². The van der Waals surface area contributed by atoms with Crippen molar-refractivity contribution in [1.82, 2.24) is 0 Å². The lowest BCUT2D eigenvalue weighted by atomic mass is 10.0. The quantitative estimate of drug-likeness (QED) is 0.882. The van der Waals surface area contributed by atoms with Crippen molar-refractivity contribution in [3.05, 3.63) is 59.7 Å². The normalized spacial score (nSPS) is 9.95. The molecule has 2 N–H and O–H groups in total. The van der Waals surface area contributed by atoms with E-state index in [9.17, 15) is 4.79 Å². The Hall–Kier alpha value is -2.49. The van der Waals surface area contributed by atoms with Gasteiger partial charge in [0.1, 0.15) is 5.75 Å². The van der Waals surface area contributed by atoms with Gasteiger partial charge in [-0.2, -0.15) is 0 Å². The Balaban J connectivity index is 2.38. The third kappa shape index (κ3) is 3.25. The van der Waals surface area contributed by atoms with E-state index in [1.165, 1.54) is 0 Å². The lowest BCUT2D eigenvalue weighted by Crippen LogP contribution is -2.10. The molecule has 0 aliphatic carbocycles. The fourth-order valence-electron chi connectivity index (χ4n) is 1.97. The predicted molar refractivity (Wildman–Crippen MR) is 73.9 cm³/mol. The molecule has 2 rings (SSSR count). The molecule has 2 aromatic rings. The van der Waals surface area contributed by atoms with Gasteiger partial charge in [0.15, 0.2) is 0 Å². The number of anilines is 1. The topological polar surface area (TPSA) is 58.6 Å². The SMILES string of the molecule is COc1cccc(NC(=O)O)c1Cc1ccccc1. The number of carboxylic acid groups (broad SMARTS) is 1. The maximum Gasteiger partial charge on any atom is 0.409 e. The van der Waals surface area contributed by atoms with E-state index < -0.39 is 6.09 Å². The minimum atomic E-state index is -1.08. The molecule has 19 heavy (non-hydrogen) atoms. The van der Waals surface area contributed by atoms with Crippen LogP contribution in [0.2, 0.25) is 0 Å². The number of carbonyl (C=O) groups is 1. The van der Waals surface area contributed by atoms with Gasteiger partial charge in [0.25, 0.3) is 0 Å². The van der Waals surface area contributed by atoms with E-state index in [1.807, 2.05) is 36.4 Å². The van der Waals surface area contributed by atoms with Crippen LogP contribution in [0.1, 0.15) is 11.1 Å². The van der Waals surface area contributed by atoms with Crippen LogP contribution in [0.3, 0.4) is 0 Å². The van der Waals surface area contributed by atoms with E-state index in [-0.39, 0.29) is 0 Å². The molecule has 0 bridgehead atoms. The van der Waals surface area contributed by atoms with E-state index in [2.05, 4.69) is 5.32 Å². The summed E-state index contributed by atoms with van der Waals surface area (Å²) in [5.41, 5.74) is 2.48. The van der Waals surface area contributed by atoms with Gasteiger partial charge in [-0.3, -0.25) is 5.32 Å². The largest absolute Gasteiger partial charge is 0.496 e. The monoisotopic (exact) mass is 257 g/mol. The van der Waals surface area contributed by atoms with Gasteiger partial charge in [-0.05, 0) is 17.7 Å². The number of methoxy groups -OCH3 is 1. The highest BCUT2D eigenvalue weighted by Gasteiger charge is 2.11. The molecule has 0 aromatic heterocycles. The number of ether oxygens (including phenoxy) is 1. The van der Waals surface area contributed by atoms with E-state index in [1.54, 1.807) is 19.2 Å². The summed E-state index contributed by atoms with van der Waals surface area (Å²) in [4.78, 5) is 10.8. The van der Waals surface area contributed by atoms with Gasteiger partial charge in [-0.1, -0.05) is 36.4 Å². The summed E-state index contributed by atoms with van der Waals surface area (Å²) >= 11 is 0. The Labute approximate surface area is 111 Å². The zero-order valence-corrected chi connectivity index (χ0v) is 10.6. The van der Waals surface area contributed by atoms with E-state index in [4.69, 9.17) is 9.84 Å². The van der Waals surface area contributed by atoms with Gasteiger partial charge >= 0.3 is 6.09 Å². The molecule has 1 amide bonds. The third-order valence-electron chi connectivity index (χ3n) is 2.82. The average molecular weight is 257 g/mol. The second kappa shape index (κ2) is 5.91. The first-order valence-corrected chi connectivity index (χ1v) is 5.90. The van der Waals surface area contributed by atoms with Crippen molar-refractivity contribution >= 4 is 11.8 Å². The number of nitrogens with one attached hydrogen (secondary N) is 1. The second-order valence-electron chi connectivity index (χ2n) is 4.08. The first kappa shape index (κ1) is 13.0. The lowest BCUT2D eigenvalue weighted by molar-refractivity contribution is 0.209. The lowest BCUT2D eigenvalue weighted by Gasteiger charge is -2.13. The van der Waals surface area contributed by atoms with Crippen molar-refractivity contribution < 1.29 is 14.6 Å². The molecular formula is C15H15NO3. The Morgan fingerprint density at radius 2 is 1.89 bits per heavy atom.